The molecule has 0 spiro atoms. The van der Waals surface area contributed by atoms with Crippen LogP contribution >= 0.6 is 0 Å². The van der Waals surface area contributed by atoms with Gasteiger partial charge in [-0.3, -0.25) is 4.79 Å². The van der Waals surface area contributed by atoms with Crippen LogP contribution in [0.4, 0.5) is 0 Å². The minimum atomic E-state index is -2.15. The van der Waals surface area contributed by atoms with Crippen LogP contribution in [-0.2, 0) is 42.7 Å². The van der Waals surface area contributed by atoms with E-state index >= 15 is 0 Å². The number of aromatic hydroxyl groups is 4. The van der Waals surface area contributed by atoms with E-state index in [1.165, 1.54) is 69.5 Å². The molecule has 8 rings (SSSR count). The van der Waals surface area contributed by atoms with Crippen LogP contribution in [-0.4, -0.2) is 209 Å². The van der Waals surface area contributed by atoms with Crippen molar-refractivity contribution in [2.24, 2.45) is 0 Å². The Hall–Kier alpha value is -5.76. The Labute approximate surface area is 418 Å². The van der Waals surface area contributed by atoms with E-state index in [1.807, 2.05) is 0 Å². The van der Waals surface area contributed by atoms with Gasteiger partial charge in [0, 0.05) is 23.8 Å². The van der Waals surface area contributed by atoms with Crippen LogP contribution in [0.2, 0.25) is 0 Å². The molecule has 4 fully saturated rings. The van der Waals surface area contributed by atoms with Gasteiger partial charge in [-0.15, -0.1) is 0 Å². The molecule has 0 saturated carbocycles. The van der Waals surface area contributed by atoms with Gasteiger partial charge in [-0.1, -0.05) is 6.07 Å². The summed E-state index contributed by atoms with van der Waals surface area (Å²) in [4.78, 5) is 28.5. The van der Waals surface area contributed by atoms with Crippen LogP contribution in [0.5, 0.6) is 34.5 Å². The Morgan fingerprint density at radius 3 is 2.05 bits per heavy atom. The van der Waals surface area contributed by atoms with E-state index < -0.39 is 170 Å². The summed E-state index contributed by atoms with van der Waals surface area (Å²) in [5.41, 5.74) is -1.09. The molecule has 4 saturated heterocycles. The number of ether oxygens (including phenoxy) is 10. The van der Waals surface area contributed by atoms with Crippen LogP contribution in [0.25, 0.3) is 28.4 Å². The van der Waals surface area contributed by atoms with E-state index in [0.29, 0.717) is 5.56 Å². The molecule has 3 aromatic carbocycles. The summed E-state index contributed by atoms with van der Waals surface area (Å²) >= 11 is 0. The monoisotopic (exact) mass is 1050 g/mol. The number of benzene rings is 3. The maximum Gasteiger partial charge on any atom is 0.331 e. The van der Waals surface area contributed by atoms with E-state index in [1.54, 1.807) is 0 Å². The fraction of sp³-hybridized carbons (Fsp3) is 0.500. The van der Waals surface area contributed by atoms with Crippen molar-refractivity contribution in [2.75, 3.05) is 20.3 Å². The molecule has 1 aromatic heterocycles. The lowest BCUT2D eigenvalue weighted by Gasteiger charge is -2.47. The first-order valence-corrected chi connectivity index (χ1v) is 23.0. The van der Waals surface area contributed by atoms with Crippen LogP contribution < -0.4 is 14.9 Å². The number of phenols is 4. The zero-order valence-electron chi connectivity index (χ0n) is 39.4. The van der Waals surface area contributed by atoms with Crippen LogP contribution in [0.3, 0.4) is 0 Å². The van der Waals surface area contributed by atoms with Crippen molar-refractivity contribution < 1.29 is 123 Å². The molecule has 26 nitrogen and oxygen atoms in total. The highest BCUT2D eigenvalue weighted by Gasteiger charge is 2.55. The third-order valence-electron chi connectivity index (χ3n) is 12.8. The highest BCUT2D eigenvalue weighted by molar-refractivity contribution is 5.88. The molecule has 4 aromatic rings. The Morgan fingerprint density at radius 1 is 0.662 bits per heavy atom. The van der Waals surface area contributed by atoms with Gasteiger partial charge in [0.15, 0.2) is 48.3 Å². The summed E-state index contributed by atoms with van der Waals surface area (Å²) in [5, 5.41) is 139. The van der Waals surface area contributed by atoms with Crippen LogP contribution in [0, 0.1) is 0 Å². The summed E-state index contributed by atoms with van der Waals surface area (Å²) in [7, 11) is 1.30. The van der Waals surface area contributed by atoms with Crippen molar-refractivity contribution in [2.45, 2.75) is 131 Å². The average Bonchev–Trinajstić information content (AvgIpc) is 3.36. The molecular weight excluding hydrogens is 993 g/mol. The van der Waals surface area contributed by atoms with Crippen molar-refractivity contribution in [3.8, 4) is 45.8 Å². The van der Waals surface area contributed by atoms with Gasteiger partial charge in [-0.2, -0.15) is 0 Å². The number of esters is 1. The lowest BCUT2D eigenvalue weighted by Crippen LogP contribution is -2.66. The van der Waals surface area contributed by atoms with Gasteiger partial charge in [0.05, 0.1) is 32.5 Å². The Balaban J connectivity index is 1.19. The highest BCUT2D eigenvalue weighted by atomic mass is 16.8. The van der Waals surface area contributed by atoms with Gasteiger partial charge in [0.2, 0.25) is 17.5 Å². The number of rotatable bonds is 14. The smallest absolute Gasteiger partial charge is 0.331 e. The number of aliphatic hydroxyl groups excluding tert-OH is 9. The van der Waals surface area contributed by atoms with Gasteiger partial charge < -0.3 is 118 Å². The molecular formula is C48H56O26. The molecule has 4 aliphatic heterocycles. The summed E-state index contributed by atoms with van der Waals surface area (Å²) in [6, 6.07) is 11.0. The molecule has 0 radical (unpaired) electrons. The molecule has 0 unspecified atom stereocenters. The third-order valence-corrected chi connectivity index (χ3v) is 12.8. The van der Waals surface area contributed by atoms with Crippen molar-refractivity contribution >= 4 is 23.0 Å². The maximum atomic E-state index is 14.6. The molecule has 0 bridgehead atoms. The van der Waals surface area contributed by atoms with Crippen LogP contribution in [0.15, 0.2) is 69.9 Å². The second-order valence-corrected chi connectivity index (χ2v) is 17.9. The summed E-state index contributed by atoms with van der Waals surface area (Å²) in [6.45, 7) is 1.36. The third kappa shape index (κ3) is 11.3. The van der Waals surface area contributed by atoms with E-state index in [9.17, 15) is 76.0 Å². The number of aliphatic hydroxyl groups is 9. The van der Waals surface area contributed by atoms with Gasteiger partial charge >= 0.3 is 5.97 Å². The summed E-state index contributed by atoms with van der Waals surface area (Å²) < 4.78 is 64.2. The molecule has 26 heteroatoms. The number of carbonyl (C=O) groups excluding carboxylic acids is 1. The fourth-order valence-electron chi connectivity index (χ4n) is 8.65. The minimum Gasteiger partial charge on any atom is -0.508 e. The molecule has 13 N–H and O–H groups in total. The standard InChI is InChI=1S/C48H56O26/c1-17-31(55)36(60)38(62)47(68-17)74-44-42(71-29(54)11-5-19-4-10-23(51)26(12-19)64-3)34(58)28(16-66-46-39(63)41(32(56)18(2)67-46)72-45-37(61)33(57)25(53)15-65-45)70-48(44)73-43-35(59)30-24(52)13-22(50)14-27(30)69-40(43)20-6-8-21(49)9-7-20/h4-14,17-18,25,28,31-34,36-39,41-42,44-53,55-58,60-63H,15-16H2,1-3H3/b11-5-/t17-,18-,25+,28+,31-,32-,33-,34-,36+,37+,38+,39+,41+,42-,44+,45-,46+,47-,48-/m0/s1. The number of hydrogen-bond donors (Lipinski definition) is 13. The number of phenolic OH excluding ortho intramolecular Hbond substituents is 4. The number of carbonyl (C=O) groups is 1. The SMILES string of the molecule is COc1cc(/C=C\C(=O)O[C@H]2[C@@H](O)[C@@H](CO[C@@H]3O[C@@H](C)[C@H](O)[C@@H](O[C@@H]4OC[C@@H](O)[C@H](O)[C@H]4O)[C@H]3O)O[C@@H](Oc3c(-c4ccc(O)cc4)oc4cc(O)cc(O)c4c3=O)[C@@H]2O[C@@H]2O[C@@H](C)[C@H](O)[C@@H](O)[C@H]2O)ccc1O. The lowest BCUT2D eigenvalue weighted by atomic mass is 9.97. The Morgan fingerprint density at radius 2 is 1.34 bits per heavy atom. The predicted octanol–water partition coefficient (Wildman–Crippen LogP) is -2.10. The first-order valence-electron chi connectivity index (χ1n) is 23.0. The number of fused-ring (bicyclic) bond motifs is 1. The molecule has 5 heterocycles. The average molecular weight is 1050 g/mol. The lowest BCUT2D eigenvalue weighted by molar-refractivity contribution is -0.365. The van der Waals surface area contributed by atoms with Crippen LogP contribution in [0.1, 0.15) is 19.4 Å². The molecule has 74 heavy (non-hydrogen) atoms. The Kier molecular flexibility index (Phi) is 16.6. The topological polar surface area (TPSA) is 403 Å². The zero-order valence-corrected chi connectivity index (χ0v) is 39.4. The Bertz CT molecular complexity index is 2680. The van der Waals surface area contributed by atoms with Crippen molar-refractivity contribution in [3.05, 3.63) is 76.5 Å². The molecule has 4 aliphatic rings. The summed E-state index contributed by atoms with van der Waals surface area (Å²) in [5.74, 6) is -4.03. The quantitative estimate of drug-likeness (QED) is 0.0475. The van der Waals surface area contributed by atoms with Gasteiger partial charge in [-0.25, -0.2) is 4.79 Å². The molecule has 19 atom stereocenters. The summed E-state index contributed by atoms with van der Waals surface area (Å²) in [6.07, 6.45) is -31.6. The van der Waals surface area contributed by atoms with E-state index in [-0.39, 0.29) is 28.4 Å². The van der Waals surface area contributed by atoms with Gasteiger partial charge in [-0.05, 0) is 61.9 Å². The maximum absolute atomic E-state index is 14.6. The zero-order chi connectivity index (χ0) is 53.4. The minimum absolute atomic E-state index is 0.0478. The van der Waals surface area contributed by atoms with Crippen molar-refractivity contribution in [3.63, 3.8) is 0 Å². The second-order valence-electron chi connectivity index (χ2n) is 17.9. The highest BCUT2D eigenvalue weighted by Crippen LogP contribution is 2.40. The van der Waals surface area contributed by atoms with E-state index in [4.69, 9.17) is 51.8 Å². The van der Waals surface area contributed by atoms with Crippen molar-refractivity contribution in [1.82, 2.24) is 0 Å². The first kappa shape index (κ1) is 54.5. The number of methoxy groups -OCH3 is 1. The van der Waals surface area contributed by atoms with Crippen molar-refractivity contribution in [1.29, 1.82) is 0 Å². The fourth-order valence-corrected chi connectivity index (χ4v) is 8.65. The molecule has 404 valence electrons. The predicted molar refractivity (Wildman–Crippen MR) is 244 cm³/mol. The largest absolute Gasteiger partial charge is 0.508 e. The van der Waals surface area contributed by atoms with Gasteiger partial charge in [0.25, 0.3) is 0 Å². The molecule has 0 amide bonds. The normalized spacial score (nSPS) is 35.6. The van der Waals surface area contributed by atoms with E-state index in [2.05, 4.69) is 0 Å². The number of hydrogen-bond acceptors (Lipinski definition) is 26. The van der Waals surface area contributed by atoms with Gasteiger partial charge in [0.1, 0.15) is 95.4 Å². The van der Waals surface area contributed by atoms with E-state index in [0.717, 1.165) is 18.2 Å². The first-order chi connectivity index (χ1) is 35.1. The molecule has 0 aliphatic carbocycles. The second kappa shape index (κ2) is 22.6.